The third kappa shape index (κ3) is 8.31. The molecule has 1 aromatic heterocycles. The van der Waals surface area contributed by atoms with Gasteiger partial charge >= 0.3 is 18.1 Å². The van der Waals surface area contributed by atoms with Gasteiger partial charge in [0.15, 0.2) is 20.7 Å². The number of carbonyl (C=O) groups excluding carboxylic acids is 3. The number of amidine groups is 1. The zero-order valence-corrected chi connectivity index (χ0v) is 26.3. The largest absolute Gasteiger partial charge is 0.511 e. The van der Waals surface area contributed by atoms with Crippen LogP contribution in [0.5, 0.6) is 0 Å². The van der Waals surface area contributed by atoms with Crippen LogP contribution in [0.4, 0.5) is 9.18 Å². The fourth-order valence-corrected chi connectivity index (χ4v) is 6.84. The Morgan fingerprint density at radius 1 is 1.23 bits per heavy atom. The van der Waals surface area contributed by atoms with E-state index in [-0.39, 0.29) is 47.6 Å². The van der Waals surface area contributed by atoms with E-state index in [9.17, 15) is 27.2 Å². The Hall–Kier alpha value is -3.60. The van der Waals surface area contributed by atoms with Gasteiger partial charge < -0.3 is 24.3 Å². The predicted octanol–water partition coefficient (Wildman–Crippen LogP) is 3.01. The number of halogens is 2. The number of carbonyl (C=O) groups is 3. The second-order valence-electron chi connectivity index (χ2n) is 9.86. The maximum atomic E-state index is 14.0. The molecule has 0 spiro atoms. The van der Waals surface area contributed by atoms with E-state index in [4.69, 9.17) is 30.5 Å². The summed E-state index contributed by atoms with van der Waals surface area (Å²) in [4.78, 5) is 48.7. The molecular weight excluding hydrogens is 643 g/mol. The molecule has 0 bridgehead atoms. The van der Waals surface area contributed by atoms with Crippen LogP contribution in [-0.4, -0.2) is 92.4 Å². The molecule has 0 aliphatic carbocycles. The number of sulfone groups is 1. The zero-order valence-electron chi connectivity index (χ0n) is 23.9. The van der Waals surface area contributed by atoms with Crippen LogP contribution in [0.25, 0.3) is 0 Å². The number of esters is 2. The number of thiazole rings is 1. The lowest BCUT2D eigenvalue weighted by Gasteiger charge is -2.36. The van der Waals surface area contributed by atoms with Gasteiger partial charge in [-0.05, 0) is 32.9 Å². The first-order valence-electron chi connectivity index (χ1n) is 13.4. The van der Waals surface area contributed by atoms with Crippen molar-refractivity contribution >= 4 is 56.7 Å². The molecule has 0 unspecified atom stereocenters. The summed E-state index contributed by atoms with van der Waals surface area (Å²) in [7, 11) is -3.64. The van der Waals surface area contributed by atoms with Crippen molar-refractivity contribution in [2.24, 2.45) is 4.99 Å². The van der Waals surface area contributed by atoms with Gasteiger partial charge in [-0.3, -0.25) is 14.7 Å². The molecule has 0 radical (unpaired) electrons. The van der Waals surface area contributed by atoms with E-state index in [1.807, 2.05) is 0 Å². The highest BCUT2D eigenvalue weighted by molar-refractivity contribution is 7.91. The van der Waals surface area contributed by atoms with Crippen LogP contribution < -0.4 is 5.32 Å². The van der Waals surface area contributed by atoms with Gasteiger partial charge in [-0.15, -0.1) is 11.3 Å². The van der Waals surface area contributed by atoms with E-state index in [1.54, 1.807) is 32.3 Å². The lowest BCUT2D eigenvalue weighted by molar-refractivity contribution is -0.159. The van der Waals surface area contributed by atoms with Crippen LogP contribution >= 0.6 is 22.9 Å². The number of benzene rings is 1. The third-order valence-electron chi connectivity index (χ3n) is 6.40. The van der Waals surface area contributed by atoms with Crippen molar-refractivity contribution < 1.29 is 46.1 Å². The molecule has 238 valence electrons. The normalized spacial score (nSPS) is 20.0. The molecule has 2 atom stereocenters. The number of hydrogen-bond acceptors (Lipinski definition) is 14. The van der Waals surface area contributed by atoms with Gasteiger partial charge in [0, 0.05) is 40.9 Å². The Bertz CT molecular complexity index is 1560. The van der Waals surface area contributed by atoms with Crippen LogP contribution in [0.15, 0.2) is 46.0 Å². The molecular formula is C27H30ClFN4O9S2. The number of aliphatic imine (C=N–C) groups is 1. The minimum absolute atomic E-state index is 0.0156. The summed E-state index contributed by atoms with van der Waals surface area (Å²) in [5, 5.41) is 5.32. The van der Waals surface area contributed by atoms with Crippen molar-refractivity contribution in [1.82, 2.24) is 15.2 Å². The number of hydrogen-bond donors (Lipinski definition) is 1. The first-order chi connectivity index (χ1) is 20.9. The molecule has 1 saturated heterocycles. The van der Waals surface area contributed by atoms with Gasteiger partial charge in [-0.25, -0.2) is 27.4 Å². The highest BCUT2D eigenvalue weighted by Crippen LogP contribution is 2.37. The van der Waals surface area contributed by atoms with Crippen LogP contribution in [0.1, 0.15) is 37.4 Å². The van der Waals surface area contributed by atoms with E-state index in [0.29, 0.717) is 10.6 Å². The summed E-state index contributed by atoms with van der Waals surface area (Å²) < 4.78 is 59.1. The average molecular weight is 673 g/mol. The molecule has 17 heteroatoms. The molecule has 2 aliphatic rings. The predicted molar refractivity (Wildman–Crippen MR) is 157 cm³/mol. The van der Waals surface area contributed by atoms with Crippen LogP contribution in [0.3, 0.4) is 0 Å². The van der Waals surface area contributed by atoms with Gasteiger partial charge in [0.1, 0.15) is 17.9 Å². The van der Waals surface area contributed by atoms with Crippen molar-refractivity contribution in [2.75, 3.05) is 38.0 Å². The summed E-state index contributed by atoms with van der Waals surface area (Å²) in [6, 6.07) is 1.32. The van der Waals surface area contributed by atoms with E-state index < -0.39 is 64.5 Å². The molecule has 0 saturated carbocycles. The van der Waals surface area contributed by atoms with Crippen molar-refractivity contribution in [2.45, 2.75) is 39.0 Å². The summed E-state index contributed by atoms with van der Waals surface area (Å²) in [6.45, 7) is 3.82. The molecule has 1 fully saturated rings. The average Bonchev–Trinajstić information content (AvgIpc) is 3.48. The molecule has 0 amide bonds. The Kier molecular flexibility index (Phi) is 10.9. The van der Waals surface area contributed by atoms with Crippen molar-refractivity contribution in [3.05, 3.63) is 62.5 Å². The summed E-state index contributed by atoms with van der Waals surface area (Å²) in [6.07, 6.45) is 0.0408. The van der Waals surface area contributed by atoms with Gasteiger partial charge in [0.2, 0.25) is 6.79 Å². The lowest BCUT2D eigenvalue weighted by atomic mass is 9.95. The molecule has 1 aromatic carbocycles. The highest BCUT2D eigenvalue weighted by atomic mass is 35.5. The summed E-state index contributed by atoms with van der Waals surface area (Å²) in [5.41, 5.74) is 0.579. The molecule has 2 aliphatic heterocycles. The van der Waals surface area contributed by atoms with Crippen LogP contribution in [0, 0.1) is 5.82 Å². The number of aromatic nitrogens is 1. The van der Waals surface area contributed by atoms with Gasteiger partial charge in [0.05, 0.1) is 29.8 Å². The van der Waals surface area contributed by atoms with Gasteiger partial charge in [-0.1, -0.05) is 17.7 Å². The lowest BCUT2D eigenvalue weighted by Crippen LogP contribution is -2.55. The number of ether oxygens (including phenoxy) is 4. The summed E-state index contributed by atoms with van der Waals surface area (Å²) in [5.74, 6) is -2.87. The molecule has 13 nitrogen and oxygen atoms in total. The monoisotopic (exact) mass is 672 g/mol. The van der Waals surface area contributed by atoms with E-state index >= 15 is 0 Å². The minimum Gasteiger partial charge on any atom is -0.463 e. The standard InChI is InChI=1S/C27H30ClFN4O9S2/c1-4-39-26(35)21-19(31-23(24-30-7-9-43-24)32-22(21)17-6-5-16(29)11-18(17)28)12-33-8-10-44(37,38)13-20(33)25(34)40-14-41-27(36)42-15(2)3/h5-7,9,11,15,20,22H,4,8,10,12-14H2,1-3H3,(H,31,32)/t20-,22-/m0/s1. The van der Waals surface area contributed by atoms with E-state index in [0.717, 1.165) is 6.07 Å². The van der Waals surface area contributed by atoms with Crippen LogP contribution in [0.2, 0.25) is 5.02 Å². The topological polar surface area (TPSA) is 163 Å². The first kappa shape index (κ1) is 33.3. The maximum Gasteiger partial charge on any atom is 0.511 e. The number of nitrogens with zero attached hydrogens (tertiary/aromatic N) is 3. The van der Waals surface area contributed by atoms with Crippen molar-refractivity contribution in [1.29, 1.82) is 0 Å². The van der Waals surface area contributed by atoms with Gasteiger partial charge in [0.25, 0.3) is 0 Å². The third-order valence-corrected chi connectivity index (χ3v) is 9.13. The highest BCUT2D eigenvalue weighted by Gasteiger charge is 2.40. The van der Waals surface area contributed by atoms with E-state index in [1.165, 1.54) is 28.4 Å². The fourth-order valence-electron chi connectivity index (χ4n) is 4.48. The second-order valence-corrected chi connectivity index (χ2v) is 13.4. The minimum atomic E-state index is -3.64. The fraction of sp³-hybridized carbons (Fsp3) is 0.444. The number of nitrogens with one attached hydrogen (secondary N) is 1. The maximum absolute atomic E-state index is 14.0. The molecule has 4 rings (SSSR count). The first-order valence-corrected chi connectivity index (χ1v) is 16.5. The molecule has 3 heterocycles. The van der Waals surface area contributed by atoms with E-state index in [2.05, 4.69) is 15.3 Å². The van der Waals surface area contributed by atoms with Crippen molar-refractivity contribution in [3.8, 4) is 0 Å². The van der Waals surface area contributed by atoms with Crippen molar-refractivity contribution in [3.63, 3.8) is 0 Å². The second kappa shape index (κ2) is 14.5. The smallest absolute Gasteiger partial charge is 0.463 e. The molecule has 44 heavy (non-hydrogen) atoms. The Morgan fingerprint density at radius 3 is 2.66 bits per heavy atom. The Labute approximate surface area is 261 Å². The SMILES string of the molecule is CCOC(=O)C1=C(CN2CCS(=O)(=O)C[C@H]2C(=O)OCOC(=O)OC(C)C)NC(c2nccs2)=N[C@H]1c1ccc(F)cc1Cl. The van der Waals surface area contributed by atoms with Gasteiger partial charge in [-0.2, -0.15) is 0 Å². The Morgan fingerprint density at radius 2 is 2.00 bits per heavy atom. The Balaban J connectivity index is 1.70. The molecule has 2 aromatic rings. The quantitative estimate of drug-likeness (QED) is 0.223. The molecule has 1 N–H and O–H groups in total. The van der Waals surface area contributed by atoms with Crippen LogP contribution in [-0.2, 0) is 38.4 Å². The number of rotatable bonds is 10. The zero-order chi connectivity index (χ0) is 32.0. The summed E-state index contributed by atoms with van der Waals surface area (Å²) >= 11 is 7.68.